The number of hydrogen-bond acceptors (Lipinski definition) is 6. The number of rotatable bonds is 10. The van der Waals surface area contributed by atoms with Crippen molar-refractivity contribution in [2.24, 2.45) is 5.73 Å². The van der Waals surface area contributed by atoms with Gasteiger partial charge in [-0.3, -0.25) is 0 Å². The predicted octanol–water partition coefficient (Wildman–Crippen LogP) is 3.42. The van der Waals surface area contributed by atoms with E-state index in [1.54, 1.807) is 0 Å². The normalized spacial score (nSPS) is 25.1. The summed E-state index contributed by atoms with van der Waals surface area (Å²) >= 11 is 0. The van der Waals surface area contributed by atoms with Crippen LogP contribution in [0.25, 0.3) is 0 Å². The van der Waals surface area contributed by atoms with E-state index in [0.29, 0.717) is 19.8 Å². The molecule has 33 heavy (non-hydrogen) atoms. The summed E-state index contributed by atoms with van der Waals surface area (Å²) in [5.74, 6) is 0. The first kappa shape index (κ1) is 23.6. The highest BCUT2D eigenvalue weighted by Gasteiger charge is 2.45. The first-order chi connectivity index (χ1) is 16.2. The molecule has 0 aromatic heterocycles. The Kier molecular flexibility index (Phi) is 8.60. The molecule has 3 N–H and O–H groups in total. The van der Waals surface area contributed by atoms with E-state index in [4.69, 9.17) is 24.7 Å². The monoisotopic (exact) mass is 449 g/mol. The second kappa shape index (κ2) is 12.0. The van der Waals surface area contributed by atoms with Gasteiger partial charge in [-0.25, -0.2) is 0 Å². The largest absolute Gasteiger partial charge is 0.387 e. The number of hydrogen-bond donors (Lipinski definition) is 2. The highest BCUT2D eigenvalue weighted by atomic mass is 16.6. The standard InChI is InChI=1S/C27H31NO5/c28-27-26(32-18-22-14-8-3-9-15-22)25(31-17-21-12-6-2-7-13-21)24(29)23(33-27)19-30-16-20-10-4-1-5-11-20/h1-15,23-27,29H,16-19,28H2/t23-,24+,25+,26-,27-/m1/s1. The van der Waals surface area contributed by atoms with Crippen molar-refractivity contribution in [3.8, 4) is 0 Å². The first-order valence-corrected chi connectivity index (χ1v) is 11.2. The van der Waals surface area contributed by atoms with Gasteiger partial charge in [-0.05, 0) is 16.7 Å². The fraction of sp³-hybridized carbons (Fsp3) is 0.333. The van der Waals surface area contributed by atoms with Crippen LogP contribution in [0.3, 0.4) is 0 Å². The summed E-state index contributed by atoms with van der Waals surface area (Å²) in [4.78, 5) is 0. The lowest BCUT2D eigenvalue weighted by Crippen LogP contribution is -2.62. The van der Waals surface area contributed by atoms with Crippen LogP contribution < -0.4 is 5.73 Å². The third kappa shape index (κ3) is 6.71. The zero-order valence-electron chi connectivity index (χ0n) is 18.5. The van der Waals surface area contributed by atoms with Crippen molar-refractivity contribution in [1.82, 2.24) is 0 Å². The van der Waals surface area contributed by atoms with Crippen LogP contribution in [0, 0.1) is 0 Å². The maximum Gasteiger partial charge on any atom is 0.135 e. The van der Waals surface area contributed by atoms with Gasteiger partial charge in [0.05, 0.1) is 26.4 Å². The number of aliphatic hydroxyl groups excluding tert-OH is 1. The molecule has 6 heteroatoms. The van der Waals surface area contributed by atoms with E-state index in [0.717, 1.165) is 16.7 Å². The maximum absolute atomic E-state index is 11.1. The average Bonchev–Trinajstić information content (AvgIpc) is 2.86. The van der Waals surface area contributed by atoms with E-state index in [2.05, 4.69) is 0 Å². The number of aliphatic hydroxyl groups is 1. The molecule has 0 amide bonds. The van der Waals surface area contributed by atoms with E-state index in [1.807, 2.05) is 91.0 Å². The Hall–Kier alpha value is -2.58. The van der Waals surface area contributed by atoms with E-state index < -0.39 is 30.6 Å². The van der Waals surface area contributed by atoms with E-state index in [1.165, 1.54) is 0 Å². The van der Waals surface area contributed by atoms with Gasteiger partial charge < -0.3 is 29.8 Å². The van der Waals surface area contributed by atoms with Crippen molar-refractivity contribution in [3.05, 3.63) is 108 Å². The van der Waals surface area contributed by atoms with Crippen LogP contribution in [0.4, 0.5) is 0 Å². The van der Waals surface area contributed by atoms with Gasteiger partial charge in [-0.15, -0.1) is 0 Å². The number of benzene rings is 3. The number of ether oxygens (including phenoxy) is 4. The van der Waals surface area contributed by atoms with Crippen LogP contribution in [-0.2, 0) is 38.8 Å². The molecule has 6 nitrogen and oxygen atoms in total. The van der Waals surface area contributed by atoms with Crippen molar-refractivity contribution >= 4 is 0 Å². The lowest BCUT2D eigenvalue weighted by atomic mass is 9.97. The van der Waals surface area contributed by atoms with Crippen molar-refractivity contribution < 1.29 is 24.1 Å². The minimum absolute atomic E-state index is 0.195. The van der Waals surface area contributed by atoms with Crippen LogP contribution in [-0.4, -0.2) is 42.4 Å². The minimum atomic E-state index is -0.954. The van der Waals surface area contributed by atoms with Crippen molar-refractivity contribution in [1.29, 1.82) is 0 Å². The molecule has 1 heterocycles. The molecule has 3 aromatic carbocycles. The van der Waals surface area contributed by atoms with Gasteiger partial charge in [-0.2, -0.15) is 0 Å². The van der Waals surface area contributed by atoms with E-state index in [9.17, 15) is 5.11 Å². The SMILES string of the molecule is N[C@@H]1O[C@H](COCc2ccccc2)[C@H](O)[C@H](OCc2ccccc2)[C@H]1OCc1ccccc1. The predicted molar refractivity (Wildman–Crippen MR) is 125 cm³/mol. The molecule has 1 saturated heterocycles. The van der Waals surface area contributed by atoms with Gasteiger partial charge in [0, 0.05) is 0 Å². The van der Waals surface area contributed by atoms with Gasteiger partial charge in [0.15, 0.2) is 0 Å². The van der Waals surface area contributed by atoms with Gasteiger partial charge in [0.25, 0.3) is 0 Å². The fourth-order valence-electron chi connectivity index (χ4n) is 3.87. The summed E-state index contributed by atoms with van der Waals surface area (Å²) in [6.45, 7) is 1.29. The molecule has 1 aliphatic rings. The number of nitrogens with two attached hydrogens (primary N) is 1. The Balaban J connectivity index is 1.41. The summed E-state index contributed by atoms with van der Waals surface area (Å²) in [6, 6.07) is 29.5. The van der Waals surface area contributed by atoms with Crippen LogP contribution >= 0.6 is 0 Å². The molecule has 1 aliphatic heterocycles. The van der Waals surface area contributed by atoms with Crippen LogP contribution in [0.2, 0.25) is 0 Å². The molecule has 0 saturated carbocycles. The third-order valence-corrected chi connectivity index (χ3v) is 5.66. The Morgan fingerprint density at radius 2 is 1.12 bits per heavy atom. The maximum atomic E-state index is 11.1. The molecular formula is C27H31NO5. The molecule has 5 atom stereocenters. The van der Waals surface area contributed by atoms with Gasteiger partial charge in [0.1, 0.15) is 30.6 Å². The van der Waals surface area contributed by atoms with Crippen LogP contribution in [0.1, 0.15) is 16.7 Å². The lowest BCUT2D eigenvalue weighted by Gasteiger charge is -2.43. The molecule has 0 bridgehead atoms. The average molecular weight is 450 g/mol. The minimum Gasteiger partial charge on any atom is -0.387 e. The quantitative estimate of drug-likeness (QED) is 0.494. The molecule has 4 rings (SSSR count). The molecule has 0 radical (unpaired) electrons. The smallest absolute Gasteiger partial charge is 0.135 e. The lowest BCUT2D eigenvalue weighted by molar-refractivity contribution is -0.259. The zero-order chi connectivity index (χ0) is 22.9. The second-order valence-corrected chi connectivity index (χ2v) is 8.15. The van der Waals surface area contributed by atoms with Crippen LogP contribution in [0.15, 0.2) is 91.0 Å². The van der Waals surface area contributed by atoms with Crippen molar-refractivity contribution in [2.45, 2.75) is 50.5 Å². The molecule has 0 aliphatic carbocycles. The van der Waals surface area contributed by atoms with Gasteiger partial charge >= 0.3 is 0 Å². The Morgan fingerprint density at radius 3 is 1.64 bits per heavy atom. The summed E-state index contributed by atoms with van der Waals surface area (Å²) in [7, 11) is 0. The summed E-state index contributed by atoms with van der Waals surface area (Å²) in [5, 5.41) is 11.1. The van der Waals surface area contributed by atoms with Crippen molar-refractivity contribution in [3.63, 3.8) is 0 Å². The molecule has 0 unspecified atom stereocenters. The summed E-state index contributed by atoms with van der Waals surface area (Å²) < 4.78 is 24.0. The van der Waals surface area contributed by atoms with E-state index in [-0.39, 0.29) is 6.61 Å². The van der Waals surface area contributed by atoms with Gasteiger partial charge in [0.2, 0.25) is 0 Å². The zero-order valence-corrected chi connectivity index (χ0v) is 18.5. The summed E-state index contributed by atoms with van der Waals surface area (Å²) in [5.41, 5.74) is 9.41. The Bertz CT molecular complexity index is 941. The molecular weight excluding hydrogens is 418 g/mol. The topological polar surface area (TPSA) is 83.2 Å². The molecule has 3 aromatic rings. The molecule has 0 spiro atoms. The van der Waals surface area contributed by atoms with Crippen molar-refractivity contribution in [2.75, 3.05) is 6.61 Å². The first-order valence-electron chi connectivity index (χ1n) is 11.2. The summed E-state index contributed by atoms with van der Waals surface area (Å²) in [6.07, 6.45) is -3.63. The molecule has 174 valence electrons. The Labute approximate surface area is 194 Å². The highest BCUT2D eigenvalue weighted by Crippen LogP contribution is 2.26. The van der Waals surface area contributed by atoms with Crippen LogP contribution in [0.5, 0.6) is 0 Å². The second-order valence-electron chi connectivity index (χ2n) is 8.15. The van der Waals surface area contributed by atoms with E-state index >= 15 is 0 Å². The fourth-order valence-corrected chi connectivity index (χ4v) is 3.87. The highest BCUT2D eigenvalue weighted by molar-refractivity contribution is 5.15. The molecule has 1 fully saturated rings. The third-order valence-electron chi connectivity index (χ3n) is 5.66. The van der Waals surface area contributed by atoms with Gasteiger partial charge in [-0.1, -0.05) is 91.0 Å². The Morgan fingerprint density at radius 1 is 0.667 bits per heavy atom.